The van der Waals surface area contributed by atoms with Gasteiger partial charge in [-0.15, -0.1) is 0 Å². The van der Waals surface area contributed by atoms with Crippen LogP contribution in [0.3, 0.4) is 0 Å². The predicted octanol–water partition coefficient (Wildman–Crippen LogP) is 3.76. The normalized spacial score (nSPS) is 17.9. The van der Waals surface area contributed by atoms with Crippen molar-refractivity contribution >= 4 is 5.57 Å². The standard InChI is InChI=1S/C14H14/c1-4-10(2)14-9-12-7-5-6-8-13(12)11(14)3/h4-8H,1,3,9H2,2H3/b14-10-. The Hall–Kier alpha value is -1.56. The smallest absolute Gasteiger partial charge is 0.00110 e. The Morgan fingerprint density at radius 2 is 2.07 bits per heavy atom. The number of rotatable bonds is 1. The van der Waals surface area contributed by atoms with Gasteiger partial charge in [0.2, 0.25) is 0 Å². The van der Waals surface area contributed by atoms with Gasteiger partial charge < -0.3 is 0 Å². The highest BCUT2D eigenvalue weighted by Crippen LogP contribution is 2.36. The molecule has 0 amide bonds. The van der Waals surface area contributed by atoms with Crippen LogP contribution in [0.15, 0.2) is 54.6 Å². The van der Waals surface area contributed by atoms with Crippen molar-refractivity contribution < 1.29 is 0 Å². The fourth-order valence-electron chi connectivity index (χ4n) is 1.93. The van der Waals surface area contributed by atoms with Gasteiger partial charge in [0, 0.05) is 0 Å². The molecule has 1 aromatic rings. The van der Waals surface area contributed by atoms with E-state index >= 15 is 0 Å². The third-order valence-electron chi connectivity index (χ3n) is 2.86. The van der Waals surface area contributed by atoms with Gasteiger partial charge in [0.25, 0.3) is 0 Å². The first-order valence-corrected chi connectivity index (χ1v) is 4.83. The van der Waals surface area contributed by atoms with Crippen LogP contribution in [-0.2, 0) is 6.42 Å². The molecule has 1 aliphatic rings. The van der Waals surface area contributed by atoms with Crippen LogP contribution in [0.25, 0.3) is 5.57 Å². The van der Waals surface area contributed by atoms with Crippen molar-refractivity contribution in [3.63, 3.8) is 0 Å². The molecule has 0 unspecified atom stereocenters. The zero-order chi connectivity index (χ0) is 10.1. The van der Waals surface area contributed by atoms with E-state index in [-0.39, 0.29) is 0 Å². The van der Waals surface area contributed by atoms with Gasteiger partial charge in [-0.05, 0) is 41.2 Å². The highest BCUT2D eigenvalue weighted by atomic mass is 14.2. The number of fused-ring (bicyclic) bond motifs is 1. The monoisotopic (exact) mass is 182 g/mol. The summed E-state index contributed by atoms with van der Waals surface area (Å²) in [4.78, 5) is 0. The van der Waals surface area contributed by atoms with E-state index in [1.54, 1.807) is 0 Å². The molecule has 0 fully saturated rings. The van der Waals surface area contributed by atoms with E-state index < -0.39 is 0 Å². The second-order valence-electron chi connectivity index (χ2n) is 3.68. The fraction of sp³-hybridized carbons (Fsp3) is 0.143. The lowest BCUT2D eigenvalue weighted by molar-refractivity contribution is 1.23. The second kappa shape index (κ2) is 3.30. The van der Waals surface area contributed by atoms with Crippen LogP contribution < -0.4 is 0 Å². The van der Waals surface area contributed by atoms with Gasteiger partial charge in [-0.1, -0.05) is 43.5 Å². The number of hydrogen-bond acceptors (Lipinski definition) is 0. The van der Waals surface area contributed by atoms with Gasteiger partial charge in [0.15, 0.2) is 0 Å². The van der Waals surface area contributed by atoms with Crippen LogP contribution in [0.1, 0.15) is 18.1 Å². The largest absolute Gasteiger partial charge is 0.0988 e. The van der Waals surface area contributed by atoms with E-state index in [2.05, 4.69) is 44.3 Å². The molecular formula is C14H14. The first kappa shape index (κ1) is 9.01. The van der Waals surface area contributed by atoms with Crippen LogP contribution in [-0.4, -0.2) is 0 Å². The molecule has 0 spiro atoms. The number of benzene rings is 1. The highest BCUT2D eigenvalue weighted by molar-refractivity contribution is 5.85. The lowest BCUT2D eigenvalue weighted by atomic mass is 10.0. The summed E-state index contributed by atoms with van der Waals surface area (Å²) in [6.07, 6.45) is 2.92. The highest BCUT2D eigenvalue weighted by Gasteiger charge is 2.19. The summed E-state index contributed by atoms with van der Waals surface area (Å²) in [7, 11) is 0. The average Bonchev–Trinajstić information content (AvgIpc) is 2.56. The molecule has 70 valence electrons. The summed E-state index contributed by atoms with van der Waals surface area (Å²) >= 11 is 0. The van der Waals surface area contributed by atoms with Crippen molar-refractivity contribution in [2.45, 2.75) is 13.3 Å². The second-order valence-corrected chi connectivity index (χ2v) is 3.68. The van der Waals surface area contributed by atoms with Gasteiger partial charge in [-0.3, -0.25) is 0 Å². The molecule has 0 saturated heterocycles. The van der Waals surface area contributed by atoms with Crippen LogP contribution in [0.2, 0.25) is 0 Å². The summed E-state index contributed by atoms with van der Waals surface area (Å²) < 4.78 is 0. The third-order valence-corrected chi connectivity index (χ3v) is 2.86. The molecule has 0 N–H and O–H groups in total. The quantitative estimate of drug-likeness (QED) is 0.620. The van der Waals surface area contributed by atoms with E-state index in [4.69, 9.17) is 0 Å². The Morgan fingerprint density at radius 3 is 2.71 bits per heavy atom. The first-order chi connectivity index (χ1) is 6.74. The Morgan fingerprint density at radius 1 is 1.36 bits per heavy atom. The first-order valence-electron chi connectivity index (χ1n) is 4.83. The van der Waals surface area contributed by atoms with Gasteiger partial charge in [-0.2, -0.15) is 0 Å². The van der Waals surface area contributed by atoms with Crippen molar-refractivity contribution in [3.05, 3.63) is 65.8 Å². The molecule has 0 heterocycles. The molecule has 1 aromatic carbocycles. The van der Waals surface area contributed by atoms with Gasteiger partial charge in [-0.25, -0.2) is 0 Å². The van der Waals surface area contributed by atoms with Gasteiger partial charge >= 0.3 is 0 Å². The van der Waals surface area contributed by atoms with Crippen molar-refractivity contribution in [2.24, 2.45) is 0 Å². The van der Waals surface area contributed by atoms with Crippen molar-refractivity contribution in [1.29, 1.82) is 0 Å². The van der Waals surface area contributed by atoms with Crippen LogP contribution >= 0.6 is 0 Å². The van der Waals surface area contributed by atoms with E-state index in [1.165, 1.54) is 22.3 Å². The Balaban J connectivity index is 2.55. The zero-order valence-corrected chi connectivity index (χ0v) is 8.51. The molecule has 0 saturated carbocycles. The summed E-state index contributed by atoms with van der Waals surface area (Å²) in [5.41, 5.74) is 6.42. The molecule has 2 rings (SSSR count). The average molecular weight is 182 g/mol. The molecule has 0 nitrogen and oxygen atoms in total. The minimum atomic E-state index is 1.01. The topological polar surface area (TPSA) is 0 Å². The van der Waals surface area contributed by atoms with Crippen LogP contribution in [0.4, 0.5) is 0 Å². The molecule has 0 atom stereocenters. The molecule has 0 aliphatic heterocycles. The Labute approximate surface area is 85.3 Å². The van der Waals surface area contributed by atoms with Gasteiger partial charge in [0.1, 0.15) is 0 Å². The van der Waals surface area contributed by atoms with E-state index in [0.29, 0.717) is 0 Å². The van der Waals surface area contributed by atoms with E-state index in [9.17, 15) is 0 Å². The van der Waals surface area contributed by atoms with Crippen molar-refractivity contribution in [3.8, 4) is 0 Å². The number of hydrogen-bond donors (Lipinski definition) is 0. The molecule has 0 bridgehead atoms. The summed E-state index contributed by atoms with van der Waals surface area (Å²) in [6.45, 7) is 10.0. The Bertz CT molecular complexity index is 433. The Kier molecular flexibility index (Phi) is 2.12. The summed E-state index contributed by atoms with van der Waals surface area (Å²) in [6, 6.07) is 8.46. The molecule has 0 aromatic heterocycles. The zero-order valence-electron chi connectivity index (χ0n) is 8.51. The molecule has 1 aliphatic carbocycles. The molecule has 14 heavy (non-hydrogen) atoms. The van der Waals surface area contributed by atoms with Crippen LogP contribution in [0, 0.1) is 0 Å². The predicted molar refractivity (Wildman–Crippen MR) is 62.1 cm³/mol. The summed E-state index contributed by atoms with van der Waals surface area (Å²) in [5, 5.41) is 0. The minimum absolute atomic E-state index is 1.01. The van der Waals surface area contributed by atoms with Crippen molar-refractivity contribution in [2.75, 3.05) is 0 Å². The van der Waals surface area contributed by atoms with E-state index in [0.717, 1.165) is 12.0 Å². The fourth-order valence-corrected chi connectivity index (χ4v) is 1.93. The molecular weight excluding hydrogens is 168 g/mol. The molecule has 0 heteroatoms. The lowest BCUT2D eigenvalue weighted by Gasteiger charge is -2.02. The number of allylic oxidation sites excluding steroid dienone is 4. The third kappa shape index (κ3) is 1.24. The SMILES string of the molecule is C=C/C(C)=C1/Cc2ccccc2C1=C. The minimum Gasteiger partial charge on any atom is -0.0988 e. The van der Waals surface area contributed by atoms with Gasteiger partial charge in [0.05, 0.1) is 0 Å². The lowest BCUT2D eigenvalue weighted by Crippen LogP contribution is -1.83. The van der Waals surface area contributed by atoms with Crippen LogP contribution in [0.5, 0.6) is 0 Å². The van der Waals surface area contributed by atoms with E-state index in [1.807, 2.05) is 6.08 Å². The summed E-state index contributed by atoms with van der Waals surface area (Å²) in [5.74, 6) is 0. The maximum Gasteiger partial charge on any atom is -0.00110 e. The van der Waals surface area contributed by atoms with Crippen molar-refractivity contribution in [1.82, 2.24) is 0 Å². The molecule has 0 radical (unpaired) electrons. The maximum absolute atomic E-state index is 4.14. The maximum atomic E-state index is 4.14.